The summed E-state index contributed by atoms with van der Waals surface area (Å²) in [6.45, 7) is 5.81. The summed E-state index contributed by atoms with van der Waals surface area (Å²) in [5.74, 6) is -2.18. The Balaban J connectivity index is 1.61. The maximum atomic E-state index is 14.0. The molecule has 4 N–H and O–H groups in total. The minimum Gasteiger partial charge on any atom is -0.507 e. The van der Waals surface area contributed by atoms with Crippen molar-refractivity contribution in [3.8, 4) is 17.2 Å². The number of allylic oxidation sites excluding steroid dienone is 4. The second kappa shape index (κ2) is 8.40. The molecular weight excluding hydrogens is 478 g/mol. The number of Topliss-reactive ketones (excluding diaryl/α,β-unsaturated/α-hetero) is 2. The van der Waals surface area contributed by atoms with Crippen LogP contribution in [0, 0.1) is 6.92 Å². The van der Waals surface area contributed by atoms with Gasteiger partial charge in [-0.25, -0.2) is 0 Å². The second-order valence-corrected chi connectivity index (χ2v) is 9.17. The number of aromatic nitrogens is 4. The van der Waals surface area contributed by atoms with Crippen molar-refractivity contribution < 1.29 is 29.3 Å². The Labute approximate surface area is 210 Å². The van der Waals surface area contributed by atoms with Gasteiger partial charge in [-0.2, -0.15) is 5.21 Å². The van der Waals surface area contributed by atoms with E-state index in [0.717, 1.165) is 5.56 Å². The number of phenolic OH excluding ortho intramolecular Hbond substituents is 2. The monoisotopic (exact) mass is 501 g/mol. The molecule has 0 spiro atoms. The largest absolute Gasteiger partial charge is 0.507 e. The van der Waals surface area contributed by atoms with Gasteiger partial charge >= 0.3 is 0 Å². The Hall–Kier alpha value is -4.80. The fraction of sp³-hybridized carbons (Fsp3) is 0.231. The summed E-state index contributed by atoms with van der Waals surface area (Å²) < 4.78 is 5.80. The summed E-state index contributed by atoms with van der Waals surface area (Å²) >= 11 is 0. The van der Waals surface area contributed by atoms with E-state index >= 15 is 0 Å². The normalized spacial score (nSPS) is 19.6. The van der Waals surface area contributed by atoms with Gasteiger partial charge in [-0.15, -0.1) is 10.2 Å². The van der Waals surface area contributed by atoms with Crippen molar-refractivity contribution in [1.29, 1.82) is 0 Å². The van der Waals surface area contributed by atoms with Crippen LogP contribution in [0.1, 0.15) is 53.6 Å². The standard InChI is InChI=1S/C26H23N5O6/c1-11-22(34)20(13(3)32)24-21(23(11)35)26(4)17(37-24)10-16(33)19(25(26)36)12(2)27-15-8-6-5-7-14(15)9-18-28-30-31-29-18/h5-8,10,27,34-35H,9H2,1-4H3,(H,28,29,30,31)/t26-/m0/s1. The van der Waals surface area contributed by atoms with Gasteiger partial charge in [0.15, 0.2) is 23.2 Å². The number of ketones is 3. The Morgan fingerprint density at radius 1 is 1.16 bits per heavy atom. The first kappa shape index (κ1) is 23.9. The molecule has 0 bridgehead atoms. The van der Waals surface area contributed by atoms with E-state index < -0.39 is 28.5 Å². The van der Waals surface area contributed by atoms with Crippen LogP contribution in [-0.4, -0.2) is 48.2 Å². The van der Waals surface area contributed by atoms with Gasteiger partial charge in [0, 0.05) is 29.4 Å². The van der Waals surface area contributed by atoms with Crippen molar-refractivity contribution in [2.75, 3.05) is 5.32 Å². The number of benzene rings is 2. The molecule has 1 aliphatic carbocycles. The number of fused-ring (bicyclic) bond motifs is 3. The molecule has 0 saturated carbocycles. The highest BCUT2D eigenvalue weighted by Gasteiger charge is 2.56. The fourth-order valence-electron chi connectivity index (χ4n) is 4.85. The Morgan fingerprint density at radius 3 is 2.57 bits per heavy atom. The van der Waals surface area contributed by atoms with E-state index in [1.54, 1.807) is 13.0 Å². The van der Waals surface area contributed by atoms with Crippen LogP contribution >= 0.6 is 0 Å². The van der Waals surface area contributed by atoms with Gasteiger partial charge < -0.3 is 20.3 Å². The molecule has 0 amide bonds. The quantitative estimate of drug-likeness (QED) is 0.232. The van der Waals surface area contributed by atoms with Gasteiger partial charge in [0.25, 0.3) is 0 Å². The molecule has 0 unspecified atom stereocenters. The molecule has 37 heavy (non-hydrogen) atoms. The lowest BCUT2D eigenvalue weighted by Gasteiger charge is -2.29. The number of nitrogens with zero attached hydrogens (tertiary/aromatic N) is 3. The van der Waals surface area contributed by atoms with Crippen LogP contribution in [0.25, 0.3) is 0 Å². The van der Waals surface area contributed by atoms with Crippen molar-refractivity contribution in [3.63, 3.8) is 0 Å². The summed E-state index contributed by atoms with van der Waals surface area (Å²) in [6, 6.07) is 7.31. The van der Waals surface area contributed by atoms with E-state index in [2.05, 4.69) is 25.9 Å². The van der Waals surface area contributed by atoms with Crippen LogP contribution in [0.4, 0.5) is 5.69 Å². The first-order valence-corrected chi connectivity index (χ1v) is 11.4. The molecular formula is C26H23N5O6. The first-order valence-electron chi connectivity index (χ1n) is 11.4. The SMILES string of the molecule is CC(=O)c1c(O)c(C)c(O)c2c1OC1=CC(=O)C(=C(C)Nc3ccccc3Cc3nn[nH]n3)C(=O)[C@@]12C. The van der Waals surface area contributed by atoms with E-state index in [1.807, 2.05) is 18.2 Å². The number of phenols is 2. The molecule has 2 aliphatic rings. The molecule has 0 fully saturated rings. The third kappa shape index (κ3) is 3.50. The number of H-pyrrole nitrogens is 1. The van der Waals surface area contributed by atoms with Crippen LogP contribution in [0.15, 0.2) is 47.4 Å². The smallest absolute Gasteiger partial charge is 0.194 e. The number of aromatic amines is 1. The predicted molar refractivity (Wildman–Crippen MR) is 130 cm³/mol. The highest BCUT2D eigenvalue weighted by molar-refractivity contribution is 6.31. The van der Waals surface area contributed by atoms with Gasteiger partial charge in [0.2, 0.25) is 0 Å². The summed E-state index contributed by atoms with van der Waals surface area (Å²) in [6.07, 6.45) is 1.54. The highest BCUT2D eigenvalue weighted by Crippen LogP contribution is 2.57. The fourth-order valence-corrected chi connectivity index (χ4v) is 4.85. The molecule has 5 rings (SSSR count). The maximum absolute atomic E-state index is 14.0. The molecule has 0 radical (unpaired) electrons. The Morgan fingerprint density at radius 2 is 1.89 bits per heavy atom. The number of carbonyl (C=O) groups is 3. The summed E-state index contributed by atoms with van der Waals surface area (Å²) in [7, 11) is 0. The predicted octanol–water partition coefficient (Wildman–Crippen LogP) is 2.78. The molecule has 1 aliphatic heterocycles. The second-order valence-electron chi connectivity index (χ2n) is 9.17. The third-order valence-corrected chi connectivity index (χ3v) is 6.84. The maximum Gasteiger partial charge on any atom is 0.194 e. The molecule has 1 atom stereocenters. The molecule has 0 saturated heterocycles. The lowest BCUT2D eigenvalue weighted by molar-refractivity contribution is -0.123. The van der Waals surface area contributed by atoms with Crippen LogP contribution in [0.3, 0.4) is 0 Å². The molecule has 11 nitrogen and oxygen atoms in total. The minimum atomic E-state index is -1.58. The van der Waals surface area contributed by atoms with Gasteiger partial charge in [-0.05, 0) is 39.3 Å². The van der Waals surface area contributed by atoms with Crippen molar-refractivity contribution in [1.82, 2.24) is 20.6 Å². The van der Waals surface area contributed by atoms with Gasteiger partial charge in [-0.1, -0.05) is 23.4 Å². The van der Waals surface area contributed by atoms with Crippen LogP contribution in [0.5, 0.6) is 17.2 Å². The molecule has 11 heteroatoms. The number of aromatic hydroxyl groups is 2. The Bertz CT molecular complexity index is 1570. The number of hydrogen-bond acceptors (Lipinski definition) is 10. The zero-order valence-corrected chi connectivity index (χ0v) is 20.5. The number of para-hydroxylation sites is 1. The number of nitrogens with one attached hydrogen (secondary N) is 2. The molecule has 2 heterocycles. The zero-order valence-electron chi connectivity index (χ0n) is 20.5. The lowest BCUT2D eigenvalue weighted by Crippen LogP contribution is -2.40. The van der Waals surface area contributed by atoms with Crippen molar-refractivity contribution in [3.05, 3.63) is 75.4 Å². The average molecular weight is 501 g/mol. The number of rotatable bonds is 5. The number of carbonyl (C=O) groups excluding carboxylic acids is 3. The molecule has 3 aromatic rings. The van der Waals surface area contributed by atoms with Crippen LogP contribution < -0.4 is 10.1 Å². The van der Waals surface area contributed by atoms with E-state index in [-0.39, 0.29) is 39.5 Å². The number of anilines is 1. The molecule has 2 aromatic carbocycles. The number of tetrazole rings is 1. The van der Waals surface area contributed by atoms with Gasteiger partial charge in [0.1, 0.15) is 34.0 Å². The summed E-state index contributed by atoms with van der Waals surface area (Å²) in [5.41, 5.74) is -0.0325. The highest BCUT2D eigenvalue weighted by atomic mass is 16.5. The average Bonchev–Trinajstić information content (AvgIpc) is 3.45. The van der Waals surface area contributed by atoms with E-state index in [9.17, 15) is 24.6 Å². The van der Waals surface area contributed by atoms with Crippen molar-refractivity contribution >= 4 is 23.0 Å². The van der Waals surface area contributed by atoms with Crippen molar-refractivity contribution in [2.24, 2.45) is 0 Å². The number of hydrogen-bond donors (Lipinski definition) is 4. The van der Waals surface area contributed by atoms with Crippen LogP contribution in [-0.2, 0) is 21.4 Å². The van der Waals surface area contributed by atoms with Crippen LogP contribution in [0.2, 0.25) is 0 Å². The number of ether oxygens (including phenoxy) is 1. The lowest BCUT2D eigenvalue weighted by atomic mass is 9.70. The minimum absolute atomic E-state index is 0.0191. The molecule has 1 aromatic heterocycles. The van der Waals surface area contributed by atoms with Gasteiger partial charge in [0.05, 0.1) is 11.1 Å². The zero-order chi connectivity index (χ0) is 26.6. The summed E-state index contributed by atoms with van der Waals surface area (Å²) in [5, 5.41) is 38.5. The van der Waals surface area contributed by atoms with Crippen molar-refractivity contribution in [2.45, 2.75) is 39.5 Å². The first-order chi connectivity index (χ1) is 17.6. The van der Waals surface area contributed by atoms with E-state index in [4.69, 9.17) is 4.74 Å². The summed E-state index contributed by atoms with van der Waals surface area (Å²) in [4.78, 5) is 39.5. The van der Waals surface area contributed by atoms with E-state index in [0.29, 0.717) is 23.6 Å². The van der Waals surface area contributed by atoms with Gasteiger partial charge in [-0.3, -0.25) is 14.4 Å². The topological polar surface area (TPSA) is 167 Å². The molecule has 188 valence electrons. The third-order valence-electron chi connectivity index (χ3n) is 6.84. The van der Waals surface area contributed by atoms with E-state index in [1.165, 1.54) is 26.8 Å². The Kier molecular flexibility index (Phi) is 5.43.